The summed E-state index contributed by atoms with van der Waals surface area (Å²) in [6.07, 6.45) is -1.70. The highest BCUT2D eigenvalue weighted by molar-refractivity contribution is 6.74. The van der Waals surface area contributed by atoms with E-state index in [9.17, 15) is 9.59 Å². The number of hydrogen-bond donors (Lipinski definition) is 1. The Morgan fingerprint density at radius 3 is 1.60 bits per heavy atom. The Labute approximate surface area is 315 Å². The second-order valence-corrected chi connectivity index (χ2v) is 19.0. The van der Waals surface area contributed by atoms with Gasteiger partial charge in [-0.05, 0) is 46.5 Å². The lowest BCUT2D eigenvalue weighted by molar-refractivity contribution is -0.138. The number of rotatable bonds is 19. The van der Waals surface area contributed by atoms with E-state index in [2.05, 4.69) is 39.2 Å². The molecule has 53 heavy (non-hydrogen) atoms. The first-order chi connectivity index (χ1) is 25.4. The Bertz CT molecular complexity index is 1700. The average molecular weight is 740 g/mol. The van der Waals surface area contributed by atoms with Crippen molar-refractivity contribution in [2.45, 2.75) is 83.6 Å². The van der Waals surface area contributed by atoms with Crippen molar-refractivity contribution in [2.75, 3.05) is 13.7 Å². The molecule has 0 unspecified atom stereocenters. The SMILES string of the molecule is COC(=O)/C(=C/[C@@H](OCc1ccccc1)[C@H](OCc1ccccc1)[C@@H](COCc1ccccc1)O[Si](C)(C)C(C)(C)C)NC(=O)OCc1ccccc1. The molecule has 1 N–H and O–H groups in total. The Hall–Kier alpha value is -4.58. The largest absolute Gasteiger partial charge is 0.464 e. The molecule has 0 aliphatic carbocycles. The second-order valence-electron chi connectivity index (χ2n) is 14.2. The number of benzene rings is 4. The fourth-order valence-corrected chi connectivity index (χ4v) is 6.42. The van der Waals surface area contributed by atoms with Crippen LogP contribution < -0.4 is 5.32 Å². The molecule has 10 heteroatoms. The number of carbonyl (C=O) groups is 2. The number of alkyl carbamates (subject to hydrolysis) is 1. The average Bonchev–Trinajstić information content (AvgIpc) is 3.16. The molecule has 0 aromatic heterocycles. The minimum Gasteiger partial charge on any atom is -0.464 e. The third kappa shape index (κ3) is 13.7. The molecule has 9 nitrogen and oxygen atoms in total. The first kappa shape index (κ1) is 41.2. The number of nitrogens with one attached hydrogen (secondary N) is 1. The highest BCUT2D eigenvalue weighted by Crippen LogP contribution is 2.38. The van der Waals surface area contributed by atoms with Gasteiger partial charge in [-0.15, -0.1) is 0 Å². The monoisotopic (exact) mass is 739 g/mol. The molecule has 282 valence electrons. The van der Waals surface area contributed by atoms with Crippen LogP contribution in [0.25, 0.3) is 0 Å². The van der Waals surface area contributed by atoms with Gasteiger partial charge in [0.15, 0.2) is 8.32 Å². The van der Waals surface area contributed by atoms with E-state index in [0.29, 0.717) is 6.61 Å². The summed E-state index contributed by atoms with van der Waals surface area (Å²) >= 11 is 0. The first-order valence-electron chi connectivity index (χ1n) is 17.8. The predicted molar refractivity (Wildman–Crippen MR) is 208 cm³/mol. The van der Waals surface area contributed by atoms with E-state index in [1.807, 2.05) is 121 Å². The molecule has 1 amide bonds. The van der Waals surface area contributed by atoms with Gasteiger partial charge >= 0.3 is 12.1 Å². The van der Waals surface area contributed by atoms with Crippen molar-refractivity contribution in [3.8, 4) is 0 Å². The van der Waals surface area contributed by atoms with Crippen LogP contribution in [-0.4, -0.2) is 52.4 Å². The Morgan fingerprint density at radius 2 is 1.13 bits per heavy atom. The first-order valence-corrected chi connectivity index (χ1v) is 20.7. The van der Waals surface area contributed by atoms with E-state index in [1.165, 1.54) is 13.2 Å². The van der Waals surface area contributed by atoms with Gasteiger partial charge in [0, 0.05) is 0 Å². The van der Waals surface area contributed by atoms with Crippen LogP contribution in [0.2, 0.25) is 18.1 Å². The molecule has 4 aromatic carbocycles. The van der Waals surface area contributed by atoms with Crippen LogP contribution in [0.5, 0.6) is 0 Å². The van der Waals surface area contributed by atoms with E-state index in [4.69, 9.17) is 28.1 Å². The van der Waals surface area contributed by atoms with Crippen molar-refractivity contribution in [3.05, 3.63) is 155 Å². The van der Waals surface area contributed by atoms with Crippen LogP contribution in [0.1, 0.15) is 43.0 Å². The number of carbonyl (C=O) groups excluding carboxylic acids is 2. The van der Waals surface area contributed by atoms with Crippen molar-refractivity contribution >= 4 is 20.4 Å². The molecule has 4 rings (SSSR count). The molecule has 0 heterocycles. The molecule has 3 atom stereocenters. The van der Waals surface area contributed by atoms with Crippen LogP contribution >= 0.6 is 0 Å². The summed E-state index contributed by atoms with van der Waals surface area (Å²) in [7, 11) is -1.21. The second kappa shape index (κ2) is 20.6. The number of amides is 1. The molecule has 0 fully saturated rings. The van der Waals surface area contributed by atoms with Gasteiger partial charge in [-0.3, -0.25) is 5.32 Å². The van der Waals surface area contributed by atoms with Crippen molar-refractivity contribution in [3.63, 3.8) is 0 Å². The standard InChI is InChI=1S/C43H53NO8Si/c1-43(2,3)53(5,6)52-39(32-48-28-33-19-11-7-12-20-33)40(50-30-35-23-15-9-16-24-35)38(49-29-34-21-13-8-14-22-34)27-37(41(45)47-4)44-42(46)51-31-36-25-17-10-18-26-36/h7-27,38-40H,28-32H2,1-6H3,(H,44,46)/b37-27-/t38-,39-,40+/m1/s1. The number of esters is 1. The van der Waals surface area contributed by atoms with E-state index in [0.717, 1.165) is 22.3 Å². The highest BCUT2D eigenvalue weighted by atomic mass is 28.4. The zero-order valence-corrected chi connectivity index (χ0v) is 32.7. The molecule has 0 bridgehead atoms. The number of hydrogen-bond acceptors (Lipinski definition) is 8. The maximum atomic E-state index is 13.3. The molecule has 4 aromatic rings. The molecule has 0 aliphatic heterocycles. The fourth-order valence-electron chi connectivity index (χ4n) is 5.11. The normalized spacial score (nSPS) is 13.8. The summed E-state index contributed by atoms with van der Waals surface area (Å²) in [6, 6.07) is 38.7. The third-order valence-electron chi connectivity index (χ3n) is 9.09. The predicted octanol–water partition coefficient (Wildman–Crippen LogP) is 8.75. The Balaban J connectivity index is 1.75. The van der Waals surface area contributed by atoms with Gasteiger partial charge in [0.25, 0.3) is 0 Å². The number of methoxy groups -OCH3 is 1. The quantitative estimate of drug-likeness (QED) is 0.0579. The minimum absolute atomic E-state index is 0.0130. The van der Waals surface area contributed by atoms with Gasteiger partial charge in [-0.2, -0.15) is 0 Å². The summed E-state index contributed by atoms with van der Waals surface area (Å²) in [4.78, 5) is 26.4. The smallest absolute Gasteiger partial charge is 0.412 e. The van der Waals surface area contributed by atoms with Gasteiger partial charge in [-0.25, -0.2) is 9.59 Å². The maximum Gasteiger partial charge on any atom is 0.412 e. The van der Waals surface area contributed by atoms with Crippen LogP contribution in [0, 0.1) is 0 Å². The van der Waals surface area contributed by atoms with Crippen LogP contribution in [0.3, 0.4) is 0 Å². The van der Waals surface area contributed by atoms with Crippen molar-refractivity contribution < 1.29 is 37.7 Å². The summed E-state index contributed by atoms with van der Waals surface area (Å²) in [5, 5.41) is 2.45. The van der Waals surface area contributed by atoms with Gasteiger partial charge in [0.2, 0.25) is 0 Å². The van der Waals surface area contributed by atoms with E-state index in [1.54, 1.807) is 0 Å². The van der Waals surface area contributed by atoms with E-state index < -0.39 is 38.7 Å². The molecular weight excluding hydrogens is 687 g/mol. The molecule has 0 saturated heterocycles. The van der Waals surface area contributed by atoms with Crippen LogP contribution in [-0.2, 0) is 59.3 Å². The van der Waals surface area contributed by atoms with Gasteiger partial charge in [0.05, 0.1) is 39.6 Å². The van der Waals surface area contributed by atoms with Crippen molar-refractivity contribution in [2.24, 2.45) is 0 Å². The zero-order chi connectivity index (χ0) is 38.1. The fraction of sp³-hybridized carbons (Fsp3) is 0.349. The van der Waals surface area contributed by atoms with Gasteiger partial charge < -0.3 is 28.1 Å². The summed E-state index contributed by atoms with van der Waals surface area (Å²) in [5.41, 5.74) is 3.50. The lowest BCUT2D eigenvalue weighted by Gasteiger charge is -2.42. The third-order valence-corrected chi connectivity index (χ3v) is 13.6. The number of ether oxygens (including phenoxy) is 5. The maximum absolute atomic E-state index is 13.3. The van der Waals surface area contributed by atoms with Crippen LogP contribution in [0.15, 0.2) is 133 Å². The molecule has 0 aliphatic rings. The summed E-state index contributed by atoms with van der Waals surface area (Å²) in [5.74, 6) is -0.779. The van der Waals surface area contributed by atoms with Gasteiger partial charge in [-0.1, -0.05) is 142 Å². The van der Waals surface area contributed by atoms with Gasteiger partial charge in [0.1, 0.15) is 24.5 Å². The molecule has 0 saturated carbocycles. The molecule has 0 radical (unpaired) electrons. The highest BCUT2D eigenvalue weighted by Gasteiger charge is 2.43. The van der Waals surface area contributed by atoms with E-state index in [-0.39, 0.29) is 37.2 Å². The molecular formula is C43H53NO8Si. The lowest BCUT2D eigenvalue weighted by Crippen LogP contribution is -2.52. The Kier molecular flexibility index (Phi) is 16.0. The molecule has 0 spiro atoms. The van der Waals surface area contributed by atoms with E-state index >= 15 is 0 Å². The lowest BCUT2D eigenvalue weighted by atomic mass is 10.1. The van der Waals surface area contributed by atoms with Crippen molar-refractivity contribution in [1.29, 1.82) is 0 Å². The zero-order valence-electron chi connectivity index (χ0n) is 31.7. The van der Waals surface area contributed by atoms with Crippen molar-refractivity contribution in [1.82, 2.24) is 5.32 Å². The Morgan fingerprint density at radius 1 is 0.679 bits per heavy atom. The topological polar surface area (TPSA) is 102 Å². The summed E-state index contributed by atoms with van der Waals surface area (Å²) in [6.45, 7) is 11.8. The minimum atomic E-state index is -2.46. The summed E-state index contributed by atoms with van der Waals surface area (Å²) < 4.78 is 37.5. The van der Waals surface area contributed by atoms with Crippen LogP contribution in [0.4, 0.5) is 4.79 Å².